The van der Waals surface area contributed by atoms with Crippen molar-refractivity contribution in [2.75, 3.05) is 0 Å². The Bertz CT molecular complexity index is 1130. The van der Waals surface area contributed by atoms with Gasteiger partial charge in [-0.1, -0.05) is 78.0 Å². The van der Waals surface area contributed by atoms with Crippen molar-refractivity contribution in [2.24, 2.45) is 5.16 Å². The van der Waals surface area contributed by atoms with E-state index in [9.17, 15) is 4.79 Å². The van der Waals surface area contributed by atoms with Gasteiger partial charge in [0.25, 0.3) is 0 Å². The number of hydrogen-bond donors (Lipinski definition) is 1. The average Bonchev–Trinajstić information content (AvgIpc) is 2.72. The Morgan fingerprint density at radius 3 is 1.59 bits per heavy atom. The molecule has 0 unspecified atom stereocenters. The van der Waals surface area contributed by atoms with Gasteiger partial charge in [-0.25, -0.2) is 0 Å². The maximum atomic E-state index is 10.7. The molecule has 0 radical (unpaired) electrons. The van der Waals surface area contributed by atoms with E-state index in [1.54, 1.807) is 0 Å². The minimum absolute atomic E-state index is 0.765. The van der Waals surface area contributed by atoms with E-state index < -0.39 is 0 Å². The van der Waals surface area contributed by atoms with Crippen LogP contribution in [0, 0.1) is 13.8 Å². The van der Waals surface area contributed by atoms with Gasteiger partial charge in [0.1, 0.15) is 0 Å². The summed E-state index contributed by atoms with van der Waals surface area (Å²) in [6, 6.07) is 23.9. The number of aldehydes is 1. The van der Waals surface area contributed by atoms with Crippen LogP contribution in [0.4, 0.5) is 0 Å². The molecule has 0 aliphatic carbocycles. The highest BCUT2D eigenvalue weighted by Crippen LogP contribution is 2.21. The van der Waals surface area contributed by atoms with Crippen molar-refractivity contribution in [3.8, 4) is 0 Å². The minimum Gasteiger partial charge on any atom is -0.411 e. The highest BCUT2D eigenvalue weighted by Gasteiger charge is 2.01. The van der Waals surface area contributed by atoms with Crippen molar-refractivity contribution in [1.29, 1.82) is 0 Å². The predicted octanol–water partition coefficient (Wildman–Crippen LogP) is 5.92. The first kappa shape index (κ1) is 18.3. The molecule has 1 N–H and O–H groups in total. The zero-order valence-corrected chi connectivity index (χ0v) is 15.4. The summed E-state index contributed by atoms with van der Waals surface area (Å²) >= 11 is 0. The lowest BCUT2D eigenvalue weighted by atomic mass is 10.0. The number of fused-ring (bicyclic) bond motifs is 2. The predicted molar refractivity (Wildman–Crippen MR) is 112 cm³/mol. The van der Waals surface area contributed by atoms with E-state index in [-0.39, 0.29) is 0 Å². The van der Waals surface area contributed by atoms with E-state index in [0.29, 0.717) is 0 Å². The molecule has 0 aliphatic heterocycles. The zero-order chi connectivity index (χ0) is 19.2. The Morgan fingerprint density at radius 1 is 0.667 bits per heavy atom. The van der Waals surface area contributed by atoms with Gasteiger partial charge in [-0.15, -0.1) is 0 Å². The Balaban J connectivity index is 0.000000156. The maximum Gasteiger partial charge on any atom is 0.150 e. The molecule has 134 valence electrons. The minimum atomic E-state index is 0.765. The smallest absolute Gasteiger partial charge is 0.150 e. The Labute approximate surface area is 158 Å². The number of rotatable bonds is 2. The van der Waals surface area contributed by atoms with Crippen molar-refractivity contribution < 1.29 is 10.0 Å². The number of nitrogens with zero attached hydrogens (tertiary/aromatic N) is 1. The number of carbonyl (C=O) groups is 1. The Morgan fingerprint density at radius 2 is 1.11 bits per heavy atom. The summed E-state index contributed by atoms with van der Waals surface area (Å²) in [5.41, 5.74) is 4.15. The van der Waals surface area contributed by atoms with Crippen molar-refractivity contribution in [2.45, 2.75) is 13.8 Å². The first-order valence-corrected chi connectivity index (χ1v) is 8.75. The zero-order valence-electron chi connectivity index (χ0n) is 15.4. The number of benzene rings is 4. The lowest BCUT2D eigenvalue weighted by molar-refractivity contribution is 0.112. The largest absolute Gasteiger partial charge is 0.411 e. The molecule has 0 atom stereocenters. The van der Waals surface area contributed by atoms with Crippen LogP contribution in [0.3, 0.4) is 0 Å². The van der Waals surface area contributed by atoms with Gasteiger partial charge >= 0.3 is 0 Å². The molecule has 0 spiro atoms. The van der Waals surface area contributed by atoms with Gasteiger partial charge in [-0.05, 0) is 46.5 Å². The number of hydrogen-bond acceptors (Lipinski definition) is 3. The third-order valence-electron chi connectivity index (χ3n) is 4.68. The SMILES string of the molecule is Cc1ccc(/C=N\O)c2ccccc12.Cc1ccc(C=O)c2ccccc12. The van der Waals surface area contributed by atoms with E-state index >= 15 is 0 Å². The molecule has 3 heteroatoms. The summed E-state index contributed by atoms with van der Waals surface area (Å²) in [6.45, 7) is 4.12. The fourth-order valence-corrected chi connectivity index (χ4v) is 3.22. The molecule has 3 nitrogen and oxygen atoms in total. The van der Waals surface area contributed by atoms with Crippen LogP contribution in [0.25, 0.3) is 21.5 Å². The fraction of sp³-hybridized carbons (Fsp3) is 0.0833. The molecule has 0 aromatic heterocycles. The van der Waals surface area contributed by atoms with Crippen LogP contribution in [0.5, 0.6) is 0 Å². The quantitative estimate of drug-likeness (QED) is 0.210. The third-order valence-corrected chi connectivity index (χ3v) is 4.68. The van der Waals surface area contributed by atoms with Gasteiger partial charge in [0.15, 0.2) is 6.29 Å². The molecule has 0 amide bonds. The standard InChI is InChI=1S/C12H11NO.C12H10O/c1-9-6-7-10(8-13-14)12-5-3-2-4-11(9)12;1-9-6-7-10(8-13)12-5-3-2-4-11(9)12/h2-8,14H,1H3;2-8H,1H3/b13-8-;. The number of aryl methyl sites for hydroxylation is 2. The third kappa shape index (κ3) is 3.87. The van der Waals surface area contributed by atoms with Crippen LogP contribution in [0.15, 0.2) is 78.0 Å². The van der Waals surface area contributed by atoms with Crippen LogP contribution in [0.2, 0.25) is 0 Å². The lowest BCUT2D eigenvalue weighted by Crippen LogP contribution is -1.86. The highest BCUT2D eigenvalue weighted by atomic mass is 16.4. The van der Waals surface area contributed by atoms with Crippen LogP contribution in [0.1, 0.15) is 27.0 Å². The lowest BCUT2D eigenvalue weighted by Gasteiger charge is -2.04. The van der Waals surface area contributed by atoms with Gasteiger partial charge in [-0.2, -0.15) is 0 Å². The maximum absolute atomic E-state index is 10.7. The second kappa shape index (κ2) is 8.28. The van der Waals surface area contributed by atoms with Crippen LogP contribution < -0.4 is 0 Å². The van der Waals surface area contributed by atoms with E-state index in [1.165, 1.54) is 22.7 Å². The molecule has 27 heavy (non-hydrogen) atoms. The molecular formula is C24H21NO2. The van der Waals surface area contributed by atoms with E-state index in [4.69, 9.17) is 5.21 Å². The molecule has 0 heterocycles. The van der Waals surface area contributed by atoms with Gasteiger partial charge < -0.3 is 5.21 Å². The summed E-state index contributed by atoms with van der Waals surface area (Å²) in [4.78, 5) is 10.7. The van der Waals surface area contributed by atoms with Gasteiger partial charge in [0, 0.05) is 11.1 Å². The second-order valence-electron chi connectivity index (χ2n) is 6.40. The van der Waals surface area contributed by atoms with Gasteiger partial charge in [-0.3, -0.25) is 4.79 Å². The van der Waals surface area contributed by atoms with E-state index in [0.717, 1.165) is 33.6 Å². The van der Waals surface area contributed by atoms with Gasteiger partial charge in [0.05, 0.1) is 6.21 Å². The topological polar surface area (TPSA) is 49.7 Å². The molecule has 4 aromatic carbocycles. The van der Waals surface area contributed by atoms with Crippen LogP contribution >= 0.6 is 0 Å². The number of oxime groups is 1. The van der Waals surface area contributed by atoms with Crippen molar-refractivity contribution >= 4 is 34.0 Å². The summed E-state index contributed by atoms with van der Waals surface area (Å²) in [5.74, 6) is 0. The second-order valence-corrected chi connectivity index (χ2v) is 6.40. The van der Waals surface area contributed by atoms with Crippen LogP contribution in [-0.4, -0.2) is 17.7 Å². The van der Waals surface area contributed by atoms with Crippen molar-refractivity contribution in [3.63, 3.8) is 0 Å². The molecule has 0 aliphatic rings. The molecule has 0 fully saturated rings. The highest BCUT2D eigenvalue weighted by molar-refractivity contribution is 6.01. The molecular weight excluding hydrogens is 334 g/mol. The van der Waals surface area contributed by atoms with Gasteiger partial charge in [0.2, 0.25) is 0 Å². The molecule has 4 aromatic rings. The Kier molecular flexibility index (Phi) is 5.62. The molecule has 0 saturated carbocycles. The summed E-state index contributed by atoms with van der Waals surface area (Å²) in [6.07, 6.45) is 2.36. The molecule has 0 saturated heterocycles. The monoisotopic (exact) mass is 355 g/mol. The summed E-state index contributed by atoms with van der Waals surface area (Å²) < 4.78 is 0. The van der Waals surface area contributed by atoms with Crippen molar-refractivity contribution in [1.82, 2.24) is 0 Å². The fourth-order valence-electron chi connectivity index (χ4n) is 3.22. The summed E-state index contributed by atoms with van der Waals surface area (Å²) in [7, 11) is 0. The first-order valence-electron chi connectivity index (χ1n) is 8.75. The van der Waals surface area contributed by atoms with Crippen LogP contribution in [-0.2, 0) is 0 Å². The average molecular weight is 355 g/mol. The number of carbonyl (C=O) groups excluding carboxylic acids is 1. The first-order chi connectivity index (χ1) is 13.2. The normalized spacial score (nSPS) is 10.7. The Hall–Kier alpha value is -3.46. The van der Waals surface area contributed by atoms with E-state index in [2.05, 4.69) is 25.1 Å². The summed E-state index contributed by atoms with van der Waals surface area (Å²) in [5, 5.41) is 16.1. The van der Waals surface area contributed by atoms with Crippen molar-refractivity contribution in [3.05, 3.63) is 95.1 Å². The molecule has 0 bridgehead atoms. The molecule has 4 rings (SSSR count). The van der Waals surface area contributed by atoms with E-state index in [1.807, 2.05) is 66.7 Å².